The van der Waals surface area contributed by atoms with E-state index in [9.17, 15) is 9.59 Å². The molecular weight excluding hydrogens is 372 g/mol. The van der Waals surface area contributed by atoms with Gasteiger partial charge in [-0.1, -0.05) is 43.7 Å². The van der Waals surface area contributed by atoms with Gasteiger partial charge in [0, 0.05) is 18.7 Å². The van der Waals surface area contributed by atoms with Crippen LogP contribution in [-0.4, -0.2) is 40.0 Å². The lowest BCUT2D eigenvalue weighted by Crippen LogP contribution is -2.32. The number of hydrogen-bond donors (Lipinski definition) is 1. The molecule has 6 nitrogen and oxygen atoms in total. The lowest BCUT2D eigenvalue weighted by Gasteiger charge is -2.20. The molecule has 7 heteroatoms. The van der Waals surface area contributed by atoms with Crippen molar-refractivity contribution >= 4 is 27.5 Å². The molecule has 0 unspecified atom stereocenters. The topological polar surface area (TPSA) is 81.2 Å². The first-order valence-corrected chi connectivity index (χ1v) is 10.3. The Hall–Kier alpha value is -2.51. The number of aryl methyl sites for hydroxylation is 2. The average molecular weight is 399 g/mol. The Kier molecular flexibility index (Phi) is 5.96. The summed E-state index contributed by atoms with van der Waals surface area (Å²) in [5.41, 5.74) is 8.03. The van der Waals surface area contributed by atoms with E-state index in [2.05, 4.69) is 18.7 Å². The zero-order valence-corrected chi connectivity index (χ0v) is 17.6. The van der Waals surface area contributed by atoms with E-state index in [0.717, 1.165) is 30.8 Å². The number of rotatable bonds is 7. The molecule has 0 fully saturated rings. The maximum atomic E-state index is 13.4. The van der Waals surface area contributed by atoms with Crippen LogP contribution in [0.5, 0.6) is 0 Å². The number of hydrogen-bond acceptors (Lipinski definition) is 5. The normalized spacial score (nSPS) is 11.5. The predicted octanol–water partition coefficient (Wildman–Crippen LogP) is 3.18. The van der Waals surface area contributed by atoms with Gasteiger partial charge in [-0.25, -0.2) is 4.98 Å². The minimum absolute atomic E-state index is 0.117. The molecule has 28 heavy (non-hydrogen) atoms. The second-order valence-corrected chi connectivity index (χ2v) is 7.88. The first-order valence-electron chi connectivity index (χ1n) is 9.50. The Bertz CT molecular complexity index is 1060. The molecule has 148 valence electrons. The molecule has 1 aromatic carbocycles. The van der Waals surface area contributed by atoms with Crippen LogP contribution in [0.4, 0.5) is 0 Å². The highest BCUT2D eigenvalue weighted by molar-refractivity contribution is 7.20. The molecule has 3 aromatic rings. The van der Waals surface area contributed by atoms with E-state index >= 15 is 0 Å². The minimum Gasteiger partial charge on any atom is -0.365 e. The van der Waals surface area contributed by atoms with Crippen molar-refractivity contribution in [3.63, 3.8) is 0 Å². The molecule has 0 aliphatic carbocycles. The molecule has 2 aromatic heterocycles. The molecule has 0 spiro atoms. The highest BCUT2D eigenvalue weighted by Crippen LogP contribution is 2.29. The van der Waals surface area contributed by atoms with E-state index in [1.165, 1.54) is 11.3 Å². The summed E-state index contributed by atoms with van der Waals surface area (Å²) in [5, 5.41) is 0.495. The van der Waals surface area contributed by atoms with Crippen LogP contribution in [0.1, 0.15) is 34.6 Å². The first-order chi connectivity index (χ1) is 13.4. The van der Waals surface area contributed by atoms with Crippen LogP contribution in [0.15, 0.2) is 29.1 Å². The molecule has 3 rings (SSSR count). The number of aromatic nitrogens is 2. The Labute approximate surface area is 168 Å². The van der Waals surface area contributed by atoms with E-state index < -0.39 is 5.91 Å². The van der Waals surface area contributed by atoms with E-state index in [1.807, 2.05) is 31.2 Å². The zero-order chi connectivity index (χ0) is 20.4. The van der Waals surface area contributed by atoms with Crippen LogP contribution >= 0.6 is 11.3 Å². The fourth-order valence-corrected chi connectivity index (χ4v) is 4.39. The van der Waals surface area contributed by atoms with E-state index in [0.29, 0.717) is 33.0 Å². The minimum atomic E-state index is -0.522. The van der Waals surface area contributed by atoms with Gasteiger partial charge in [-0.2, -0.15) is 0 Å². The number of nitrogens with zero attached hydrogens (tertiary/aromatic N) is 3. The van der Waals surface area contributed by atoms with Gasteiger partial charge in [-0.3, -0.25) is 14.2 Å². The summed E-state index contributed by atoms with van der Waals surface area (Å²) < 4.78 is 1.73. The number of benzene rings is 1. The van der Waals surface area contributed by atoms with Crippen molar-refractivity contribution < 1.29 is 4.79 Å². The fourth-order valence-electron chi connectivity index (χ4n) is 3.36. The number of primary amides is 1. The maximum Gasteiger partial charge on any atom is 0.262 e. The molecule has 0 bridgehead atoms. The number of carbonyl (C=O) groups is 1. The summed E-state index contributed by atoms with van der Waals surface area (Å²) in [5.74, 6) is 0.105. The van der Waals surface area contributed by atoms with Crippen LogP contribution in [0.2, 0.25) is 0 Å². The van der Waals surface area contributed by atoms with Crippen LogP contribution in [0.3, 0.4) is 0 Å². The lowest BCUT2D eigenvalue weighted by molar-refractivity contribution is 0.100. The van der Waals surface area contributed by atoms with E-state index in [-0.39, 0.29) is 5.56 Å². The Morgan fingerprint density at radius 2 is 1.82 bits per heavy atom. The highest BCUT2D eigenvalue weighted by Gasteiger charge is 2.21. The average Bonchev–Trinajstić information content (AvgIpc) is 3.01. The van der Waals surface area contributed by atoms with Gasteiger partial charge < -0.3 is 10.6 Å². The summed E-state index contributed by atoms with van der Waals surface area (Å²) in [6.07, 6.45) is 0. The molecular formula is C21H26N4O2S. The number of thiophene rings is 1. The molecule has 1 amide bonds. The molecule has 0 saturated carbocycles. The number of carbonyl (C=O) groups excluding carboxylic acids is 1. The van der Waals surface area contributed by atoms with Gasteiger partial charge >= 0.3 is 0 Å². The summed E-state index contributed by atoms with van der Waals surface area (Å²) in [7, 11) is 0. The van der Waals surface area contributed by atoms with Gasteiger partial charge in [-0.15, -0.1) is 11.3 Å². The number of likely N-dealkylation sites (N-methyl/N-ethyl adjacent to an activating group) is 1. The van der Waals surface area contributed by atoms with Gasteiger partial charge in [0.1, 0.15) is 10.7 Å². The molecule has 0 aliphatic heterocycles. The van der Waals surface area contributed by atoms with E-state index in [4.69, 9.17) is 10.7 Å². The van der Waals surface area contributed by atoms with Crippen molar-refractivity contribution in [2.75, 3.05) is 19.6 Å². The third kappa shape index (κ3) is 3.72. The Morgan fingerprint density at radius 1 is 1.18 bits per heavy atom. The van der Waals surface area contributed by atoms with Crippen molar-refractivity contribution in [2.45, 2.75) is 34.2 Å². The maximum absolute atomic E-state index is 13.4. The van der Waals surface area contributed by atoms with Crippen molar-refractivity contribution in [3.05, 3.63) is 50.6 Å². The Balaban J connectivity index is 2.23. The smallest absolute Gasteiger partial charge is 0.262 e. The molecule has 0 saturated heterocycles. The van der Waals surface area contributed by atoms with E-state index in [1.54, 1.807) is 11.5 Å². The van der Waals surface area contributed by atoms with Gasteiger partial charge in [-0.05, 0) is 32.5 Å². The predicted molar refractivity (Wildman–Crippen MR) is 115 cm³/mol. The number of fused-ring (bicyclic) bond motifs is 1. The molecule has 2 N–H and O–H groups in total. The second-order valence-electron chi connectivity index (χ2n) is 6.89. The molecule has 2 heterocycles. The fraction of sp³-hybridized carbons (Fsp3) is 0.381. The SMILES string of the molecule is CCN(CC)CCn1c(-c2ccc(C)cc2)nc2sc(C(N)=O)c(C)c2c1=O. The number of nitrogens with two attached hydrogens (primary N) is 1. The monoisotopic (exact) mass is 398 g/mol. The molecule has 0 radical (unpaired) electrons. The van der Waals surface area contributed by atoms with Crippen molar-refractivity contribution in [2.24, 2.45) is 5.73 Å². The molecule has 0 atom stereocenters. The highest BCUT2D eigenvalue weighted by atomic mass is 32.1. The van der Waals surface area contributed by atoms with Gasteiger partial charge in [0.15, 0.2) is 0 Å². The van der Waals surface area contributed by atoms with Gasteiger partial charge in [0.25, 0.3) is 11.5 Å². The lowest BCUT2D eigenvalue weighted by atomic mass is 10.1. The van der Waals surface area contributed by atoms with Crippen molar-refractivity contribution in [1.82, 2.24) is 14.5 Å². The van der Waals surface area contributed by atoms with Crippen molar-refractivity contribution in [3.8, 4) is 11.4 Å². The second kappa shape index (κ2) is 8.24. The van der Waals surface area contributed by atoms with Crippen molar-refractivity contribution in [1.29, 1.82) is 0 Å². The third-order valence-corrected chi connectivity index (χ3v) is 6.32. The van der Waals surface area contributed by atoms with Crippen LogP contribution in [-0.2, 0) is 6.54 Å². The third-order valence-electron chi connectivity index (χ3n) is 5.12. The standard InChI is InChI=1S/C21H26N4O2S/c1-5-24(6-2)11-12-25-19(15-9-7-13(3)8-10-15)23-20-16(21(25)27)14(4)17(28-20)18(22)26/h7-10H,5-6,11-12H2,1-4H3,(H2,22,26). The van der Waals surface area contributed by atoms with Gasteiger partial charge in [0.05, 0.1) is 10.3 Å². The summed E-state index contributed by atoms with van der Waals surface area (Å²) in [6.45, 7) is 11.1. The summed E-state index contributed by atoms with van der Waals surface area (Å²) in [6, 6.07) is 7.97. The quantitative estimate of drug-likeness (QED) is 0.663. The zero-order valence-electron chi connectivity index (χ0n) is 16.8. The van der Waals surface area contributed by atoms with Crippen LogP contribution in [0.25, 0.3) is 21.6 Å². The summed E-state index contributed by atoms with van der Waals surface area (Å²) in [4.78, 5) is 33.2. The first kappa shape index (κ1) is 20.2. The number of amides is 1. The van der Waals surface area contributed by atoms with Crippen LogP contribution in [0, 0.1) is 13.8 Å². The van der Waals surface area contributed by atoms with Gasteiger partial charge in [0.2, 0.25) is 0 Å². The van der Waals surface area contributed by atoms with Crippen LogP contribution < -0.4 is 11.3 Å². The Morgan fingerprint density at radius 3 is 2.39 bits per heavy atom. The largest absolute Gasteiger partial charge is 0.365 e. The molecule has 0 aliphatic rings. The summed E-state index contributed by atoms with van der Waals surface area (Å²) >= 11 is 1.19.